The summed E-state index contributed by atoms with van der Waals surface area (Å²) in [4.78, 5) is 28.0. The van der Waals surface area contributed by atoms with E-state index in [1.807, 2.05) is 0 Å². The van der Waals surface area contributed by atoms with Crippen LogP contribution in [0.25, 0.3) is 11.4 Å². The fraction of sp³-hybridized carbons (Fsp3) is 0.200. The number of ether oxygens (including phenoxy) is 3. The van der Waals surface area contributed by atoms with E-state index in [0.717, 1.165) is 0 Å². The van der Waals surface area contributed by atoms with Crippen molar-refractivity contribution in [3.63, 3.8) is 0 Å². The van der Waals surface area contributed by atoms with Gasteiger partial charge in [-0.2, -0.15) is 4.98 Å². The van der Waals surface area contributed by atoms with Crippen LogP contribution in [-0.2, 0) is 4.79 Å². The second-order valence-electron chi connectivity index (χ2n) is 6.34. The second-order valence-corrected chi connectivity index (χ2v) is 6.78. The Morgan fingerprint density at radius 3 is 2.65 bits per heavy atom. The van der Waals surface area contributed by atoms with Crippen molar-refractivity contribution in [3.05, 3.63) is 53.4 Å². The van der Waals surface area contributed by atoms with E-state index in [1.54, 1.807) is 42.5 Å². The molecular weight excluding hydrogens is 428 g/mol. The lowest BCUT2D eigenvalue weighted by atomic mass is 10.2. The quantitative estimate of drug-likeness (QED) is 0.506. The van der Waals surface area contributed by atoms with Crippen LogP contribution in [0.1, 0.15) is 10.7 Å². The third-order valence-electron chi connectivity index (χ3n) is 4.17. The van der Waals surface area contributed by atoms with Gasteiger partial charge in [0.1, 0.15) is 5.75 Å². The number of benzene rings is 2. The van der Waals surface area contributed by atoms with Crippen molar-refractivity contribution >= 4 is 23.4 Å². The SMILES string of the molecule is O=C(COc1ccc(Cl)cc1)NCCNC(=O)c1nc(-c2ccc3c(c2)OCO3)no1. The van der Waals surface area contributed by atoms with Crippen molar-refractivity contribution in [3.8, 4) is 28.6 Å². The van der Waals surface area contributed by atoms with Gasteiger partial charge < -0.3 is 29.4 Å². The summed E-state index contributed by atoms with van der Waals surface area (Å²) in [7, 11) is 0. The molecule has 0 atom stereocenters. The van der Waals surface area contributed by atoms with Crippen molar-refractivity contribution < 1.29 is 28.3 Å². The Bertz CT molecular complexity index is 1090. The number of halogens is 1. The molecule has 0 saturated heterocycles. The van der Waals surface area contributed by atoms with Crippen LogP contribution in [0, 0.1) is 0 Å². The number of carbonyl (C=O) groups is 2. The van der Waals surface area contributed by atoms with E-state index in [9.17, 15) is 9.59 Å². The maximum Gasteiger partial charge on any atom is 0.316 e. The van der Waals surface area contributed by atoms with E-state index in [1.165, 1.54) is 0 Å². The van der Waals surface area contributed by atoms with E-state index in [2.05, 4.69) is 20.8 Å². The van der Waals surface area contributed by atoms with Gasteiger partial charge in [0.25, 0.3) is 5.91 Å². The molecule has 0 saturated carbocycles. The zero-order chi connectivity index (χ0) is 21.6. The first-order valence-electron chi connectivity index (χ1n) is 9.25. The van der Waals surface area contributed by atoms with Crippen molar-refractivity contribution in [1.29, 1.82) is 0 Å². The Balaban J connectivity index is 1.20. The van der Waals surface area contributed by atoms with Crippen LogP contribution in [0.3, 0.4) is 0 Å². The molecule has 4 rings (SSSR count). The summed E-state index contributed by atoms with van der Waals surface area (Å²) in [5, 5.41) is 9.61. The van der Waals surface area contributed by atoms with E-state index in [4.69, 9.17) is 30.3 Å². The first kappa shape index (κ1) is 20.5. The Morgan fingerprint density at radius 1 is 1.03 bits per heavy atom. The summed E-state index contributed by atoms with van der Waals surface area (Å²) in [6.07, 6.45) is 0. The van der Waals surface area contributed by atoms with Crippen LogP contribution in [0.5, 0.6) is 17.2 Å². The normalized spacial score (nSPS) is 11.8. The Hall–Kier alpha value is -3.79. The highest BCUT2D eigenvalue weighted by Gasteiger charge is 2.19. The zero-order valence-electron chi connectivity index (χ0n) is 16.1. The molecule has 31 heavy (non-hydrogen) atoms. The highest BCUT2D eigenvalue weighted by atomic mass is 35.5. The predicted molar refractivity (Wildman–Crippen MR) is 108 cm³/mol. The topological polar surface area (TPSA) is 125 Å². The Kier molecular flexibility index (Phi) is 6.18. The highest BCUT2D eigenvalue weighted by molar-refractivity contribution is 6.30. The summed E-state index contributed by atoms with van der Waals surface area (Å²) in [6.45, 7) is 0.381. The molecule has 0 spiro atoms. The maximum absolute atomic E-state index is 12.2. The van der Waals surface area contributed by atoms with Crippen LogP contribution in [0.4, 0.5) is 0 Å². The monoisotopic (exact) mass is 444 g/mol. The second kappa shape index (κ2) is 9.35. The van der Waals surface area contributed by atoms with Crippen LogP contribution in [0.2, 0.25) is 5.02 Å². The van der Waals surface area contributed by atoms with Crippen LogP contribution >= 0.6 is 11.6 Å². The smallest absolute Gasteiger partial charge is 0.316 e. The summed E-state index contributed by atoms with van der Waals surface area (Å²) >= 11 is 5.79. The summed E-state index contributed by atoms with van der Waals surface area (Å²) in [6, 6.07) is 11.8. The lowest BCUT2D eigenvalue weighted by Gasteiger charge is -2.07. The molecule has 10 nitrogen and oxygen atoms in total. The molecule has 0 aliphatic carbocycles. The lowest BCUT2D eigenvalue weighted by molar-refractivity contribution is -0.123. The lowest BCUT2D eigenvalue weighted by Crippen LogP contribution is -2.36. The van der Waals surface area contributed by atoms with Gasteiger partial charge in [-0.05, 0) is 42.5 Å². The van der Waals surface area contributed by atoms with Crippen LogP contribution in [0.15, 0.2) is 47.0 Å². The molecule has 0 bridgehead atoms. The average molecular weight is 445 g/mol. The molecule has 3 aromatic rings. The molecule has 160 valence electrons. The van der Waals surface area contributed by atoms with Crippen LogP contribution in [-0.4, -0.2) is 48.4 Å². The minimum atomic E-state index is -0.550. The van der Waals surface area contributed by atoms with Gasteiger partial charge in [-0.15, -0.1) is 0 Å². The molecule has 2 amide bonds. The molecule has 11 heteroatoms. The average Bonchev–Trinajstić information content (AvgIpc) is 3.45. The van der Waals surface area contributed by atoms with Gasteiger partial charge in [0.05, 0.1) is 0 Å². The highest BCUT2D eigenvalue weighted by Crippen LogP contribution is 2.35. The minimum absolute atomic E-state index is 0.155. The molecule has 0 unspecified atom stereocenters. The first-order chi connectivity index (χ1) is 15.1. The minimum Gasteiger partial charge on any atom is -0.484 e. The Labute approximate surface area is 181 Å². The standard InChI is InChI=1S/C20H17ClN4O6/c21-13-2-4-14(5-3-13)28-10-17(26)22-7-8-23-19(27)20-24-18(25-31-20)12-1-6-15-16(9-12)30-11-29-15/h1-6,9H,7-8,10-11H2,(H,22,26)(H,23,27). The fourth-order valence-electron chi connectivity index (χ4n) is 2.65. The number of fused-ring (bicyclic) bond motifs is 1. The summed E-state index contributed by atoms with van der Waals surface area (Å²) < 4.78 is 20.9. The van der Waals surface area contributed by atoms with Crippen molar-refractivity contribution in [2.75, 3.05) is 26.5 Å². The third-order valence-corrected chi connectivity index (χ3v) is 4.42. The van der Waals surface area contributed by atoms with Gasteiger partial charge in [0, 0.05) is 23.7 Å². The fourth-order valence-corrected chi connectivity index (χ4v) is 2.78. The van der Waals surface area contributed by atoms with Gasteiger partial charge in [-0.25, -0.2) is 0 Å². The number of hydrogen-bond acceptors (Lipinski definition) is 8. The molecule has 1 aliphatic rings. The van der Waals surface area contributed by atoms with E-state index in [-0.39, 0.29) is 44.1 Å². The molecule has 2 N–H and O–H groups in total. The predicted octanol–water partition coefficient (Wildman–Crippen LogP) is 2.04. The molecule has 2 heterocycles. The number of carbonyl (C=O) groups excluding carboxylic acids is 2. The number of nitrogens with one attached hydrogen (secondary N) is 2. The number of hydrogen-bond donors (Lipinski definition) is 2. The molecule has 0 fully saturated rings. The van der Waals surface area contributed by atoms with Crippen molar-refractivity contribution in [2.24, 2.45) is 0 Å². The number of amides is 2. The largest absolute Gasteiger partial charge is 0.484 e. The summed E-state index contributed by atoms with van der Waals surface area (Å²) in [5.41, 5.74) is 0.625. The molecular formula is C20H17ClN4O6. The van der Waals surface area contributed by atoms with Crippen molar-refractivity contribution in [1.82, 2.24) is 20.8 Å². The molecule has 1 aliphatic heterocycles. The van der Waals surface area contributed by atoms with E-state index < -0.39 is 5.91 Å². The molecule has 2 aromatic carbocycles. The van der Waals surface area contributed by atoms with E-state index >= 15 is 0 Å². The van der Waals surface area contributed by atoms with Gasteiger partial charge >= 0.3 is 11.8 Å². The van der Waals surface area contributed by atoms with E-state index in [0.29, 0.717) is 27.8 Å². The van der Waals surface area contributed by atoms with Crippen LogP contribution < -0.4 is 24.8 Å². The number of nitrogens with zero attached hydrogens (tertiary/aromatic N) is 2. The van der Waals surface area contributed by atoms with Gasteiger partial charge in [-0.1, -0.05) is 16.8 Å². The third kappa shape index (κ3) is 5.23. The number of rotatable bonds is 8. The first-order valence-corrected chi connectivity index (χ1v) is 9.63. The Morgan fingerprint density at radius 2 is 1.81 bits per heavy atom. The van der Waals surface area contributed by atoms with Gasteiger partial charge in [-0.3, -0.25) is 9.59 Å². The number of aromatic nitrogens is 2. The zero-order valence-corrected chi connectivity index (χ0v) is 16.8. The maximum atomic E-state index is 12.2. The summed E-state index contributed by atoms with van der Waals surface area (Å²) in [5.74, 6) is 0.914. The molecule has 1 aromatic heterocycles. The van der Waals surface area contributed by atoms with Crippen molar-refractivity contribution in [2.45, 2.75) is 0 Å². The molecule has 0 radical (unpaired) electrons. The van der Waals surface area contributed by atoms with Gasteiger partial charge in [0.2, 0.25) is 12.6 Å². The van der Waals surface area contributed by atoms with Gasteiger partial charge in [0.15, 0.2) is 18.1 Å².